The van der Waals surface area contributed by atoms with E-state index in [1.54, 1.807) is 6.92 Å². The summed E-state index contributed by atoms with van der Waals surface area (Å²) in [4.78, 5) is 21.4. The summed E-state index contributed by atoms with van der Waals surface area (Å²) in [7, 11) is 0. The number of carbonyl (C=O) groups excluding carboxylic acids is 2. The Labute approximate surface area is 152 Å². The van der Waals surface area contributed by atoms with Gasteiger partial charge in [-0.05, 0) is 19.3 Å². The SMILES string of the molecule is C=C(C)C(=O)OCC1CO1.C=CC(=O)OCCCCCCCC(C)C. The van der Waals surface area contributed by atoms with Gasteiger partial charge in [0, 0.05) is 11.6 Å². The van der Waals surface area contributed by atoms with Gasteiger partial charge in [0.1, 0.15) is 12.7 Å². The predicted molar refractivity (Wildman–Crippen MR) is 99.2 cm³/mol. The number of esters is 2. The normalized spacial score (nSPS) is 15.0. The van der Waals surface area contributed by atoms with Crippen molar-refractivity contribution in [1.29, 1.82) is 0 Å². The van der Waals surface area contributed by atoms with Crippen LogP contribution in [0.25, 0.3) is 0 Å². The van der Waals surface area contributed by atoms with E-state index in [1.807, 2.05) is 0 Å². The van der Waals surface area contributed by atoms with Crippen molar-refractivity contribution in [3.8, 4) is 0 Å². The molecule has 5 nitrogen and oxygen atoms in total. The first-order chi connectivity index (χ1) is 11.9. The Morgan fingerprint density at radius 3 is 2.28 bits per heavy atom. The smallest absolute Gasteiger partial charge is 0.333 e. The summed E-state index contributed by atoms with van der Waals surface area (Å²) >= 11 is 0. The van der Waals surface area contributed by atoms with Crippen LogP contribution in [0.2, 0.25) is 0 Å². The van der Waals surface area contributed by atoms with Gasteiger partial charge in [0.2, 0.25) is 0 Å². The van der Waals surface area contributed by atoms with E-state index in [1.165, 1.54) is 31.8 Å². The van der Waals surface area contributed by atoms with Crippen LogP contribution in [0.15, 0.2) is 24.8 Å². The summed E-state index contributed by atoms with van der Waals surface area (Å²) in [6.07, 6.45) is 8.68. The Balaban J connectivity index is 0.000000496. The first kappa shape index (κ1) is 23.4. The molecule has 1 rings (SSSR count). The first-order valence-electron chi connectivity index (χ1n) is 9.10. The molecule has 5 heteroatoms. The summed E-state index contributed by atoms with van der Waals surface area (Å²) in [6, 6.07) is 0. The maximum atomic E-state index is 10.7. The average Bonchev–Trinajstić information content (AvgIpc) is 3.39. The fraction of sp³-hybridized carbons (Fsp3) is 0.700. The van der Waals surface area contributed by atoms with Gasteiger partial charge in [0.15, 0.2) is 0 Å². The standard InChI is InChI=1S/C13H24O2.C7H10O3/c1-4-13(14)15-11-9-7-5-6-8-10-12(2)3;1-5(2)7(8)10-4-6-3-9-6/h4,12H,1,5-11H2,2-3H3;6H,1,3-4H2,2H3. The summed E-state index contributed by atoms with van der Waals surface area (Å²) in [6.45, 7) is 14.5. The van der Waals surface area contributed by atoms with Crippen molar-refractivity contribution in [2.75, 3.05) is 19.8 Å². The van der Waals surface area contributed by atoms with Crippen LogP contribution < -0.4 is 0 Å². The second kappa shape index (κ2) is 14.7. The van der Waals surface area contributed by atoms with Gasteiger partial charge >= 0.3 is 11.9 Å². The summed E-state index contributed by atoms with van der Waals surface area (Å²) in [5, 5.41) is 0. The summed E-state index contributed by atoms with van der Waals surface area (Å²) in [5.41, 5.74) is 0.431. The van der Waals surface area contributed by atoms with Gasteiger partial charge in [0.25, 0.3) is 0 Å². The molecule has 1 unspecified atom stereocenters. The molecule has 0 aromatic carbocycles. The largest absolute Gasteiger partial charge is 0.463 e. The Hall–Kier alpha value is -1.62. The minimum atomic E-state index is -0.337. The summed E-state index contributed by atoms with van der Waals surface area (Å²) in [5.74, 6) is 0.170. The highest BCUT2D eigenvalue weighted by Crippen LogP contribution is 2.10. The topological polar surface area (TPSA) is 65.1 Å². The molecule has 0 aromatic heterocycles. The highest BCUT2D eigenvalue weighted by atomic mass is 16.6. The van der Waals surface area contributed by atoms with Gasteiger partial charge in [-0.1, -0.05) is 59.1 Å². The van der Waals surface area contributed by atoms with Crippen molar-refractivity contribution in [3.05, 3.63) is 24.8 Å². The molecule has 1 saturated heterocycles. The average molecular weight is 354 g/mol. The Morgan fingerprint density at radius 1 is 1.16 bits per heavy atom. The van der Waals surface area contributed by atoms with Crippen LogP contribution >= 0.6 is 0 Å². The number of carbonyl (C=O) groups is 2. The molecule has 0 aliphatic carbocycles. The lowest BCUT2D eigenvalue weighted by molar-refractivity contribution is -0.139. The Morgan fingerprint density at radius 2 is 1.76 bits per heavy atom. The van der Waals surface area contributed by atoms with Gasteiger partial charge in [-0.2, -0.15) is 0 Å². The number of ether oxygens (including phenoxy) is 3. The third-order valence-corrected chi connectivity index (χ3v) is 3.49. The Bertz CT molecular complexity index is 410. The fourth-order valence-electron chi connectivity index (χ4n) is 1.87. The third kappa shape index (κ3) is 17.0. The van der Waals surface area contributed by atoms with Crippen LogP contribution in [0.4, 0.5) is 0 Å². The van der Waals surface area contributed by atoms with Crippen LogP contribution in [0, 0.1) is 5.92 Å². The maximum Gasteiger partial charge on any atom is 0.333 e. The molecule has 1 aliphatic heterocycles. The number of hydrogen-bond donors (Lipinski definition) is 0. The molecule has 0 aromatic rings. The highest BCUT2D eigenvalue weighted by Gasteiger charge is 2.24. The van der Waals surface area contributed by atoms with Crippen molar-refractivity contribution in [2.45, 2.75) is 65.4 Å². The predicted octanol–water partition coefficient (Wildman–Crippen LogP) is 4.22. The Kier molecular flexibility index (Phi) is 13.7. The molecule has 0 amide bonds. The highest BCUT2D eigenvalue weighted by molar-refractivity contribution is 5.86. The molecule has 0 saturated carbocycles. The van der Waals surface area contributed by atoms with Crippen LogP contribution in [0.5, 0.6) is 0 Å². The van der Waals surface area contributed by atoms with E-state index in [-0.39, 0.29) is 18.0 Å². The van der Waals surface area contributed by atoms with Gasteiger partial charge in [0.05, 0.1) is 13.2 Å². The van der Waals surface area contributed by atoms with Crippen LogP contribution in [-0.4, -0.2) is 37.9 Å². The van der Waals surface area contributed by atoms with E-state index in [0.717, 1.165) is 18.8 Å². The number of hydrogen-bond acceptors (Lipinski definition) is 5. The number of epoxide rings is 1. The number of unbranched alkanes of at least 4 members (excludes halogenated alkanes) is 4. The van der Waals surface area contributed by atoms with Crippen molar-refractivity contribution in [1.82, 2.24) is 0 Å². The minimum Gasteiger partial charge on any atom is -0.463 e. The van der Waals surface area contributed by atoms with E-state index < -0.39 is 0 Å². The zero-order chi connectivity index (χ0) is 19.1. The first-order valence-corrected chi connectivity index (χ1v) is 9.10. The molecule has 144 valence electrons. The number of rotatable bonds is 12. The monoisotopic (exact) mass is 354 g/mol. The van der Waals surface area contributed by atoms with Gasteiger partial charge in [-0.15, -0.1) is 0 Å². The molecule has 0 N–H and O–H groups in total. The second-order valence-corrected chi connectivity index (χ2v) is 6.66. The van der Waals surface area contributed by atoms with Gasteiger partial charge in [-0.25, -0.2) is 9.59 Å². The fourth-order valence-corrected chi connectivity index (χ4v) is 1.87. The lowest BCUT2D eigenvalue weighted by Gasteiger charge is -2.04. The van der Waals surface area contributed by atoms with Crippen LogP contribution in [-0.2, 0) is 23.8 Å². The minimum absolute atomic E-state index is 0.142. The molecular weight excluding hydrogens is 320 g/mol. The molecule has 25 heavy (non-hydrogen) atoms. The molecule has 0 radical (unpaired) electrons. The summed E-state index contributed by atoms with van der Waals surface area (Å²) < 4.78 is 14.5. The molecule has 1 aliphatic rings. The van der Waals surface area contributed by atoms with Crippen LogP contribution in [0.3, 0.4) is 0 Å². The van der Waals surface area contributed by atoms with E-state index >= 15 is 0 Å². The zero-order valence-electron chi connectivity index (χ0n) is 16.1. The van der Waals surface area contributed by atoms with Crippen LogP contribution in [0.1, 0.15) is 59.3 Å². The van der Waals surface area contributed by atoms with Crippen molar-refractivity contribution >= 4 is 11.9 Å². The van der Waals surface area contributed by atoms with Gasteiger partial charge in [-0.3, -0.25) is 0 Å². The van der Waals surface area contributed by atoms with E-state index in [9.17, 15) is 9.59 Å². The third-order valence-electron chi connectivity index (χ3n) is 3.49. The molecule has 0 bridgehead atoms. The van der Waals surface area contributed by atoms with Crippen molar-refractivity contribution in [2.24, 2.45) is 5.92 Å². The van der Waals surface area contributed by atoms with Crippen molar-refractivity contribution in [3.63, 3.8) is 0 Å². The molecule has 1 heterocycles. The molecule has 1 atom stereocenters. The quantitative estimate of drug-likeness (QED) is 0.227. The lowest BCUT2D eigenvalue weighted by Crippen LogP contribution is -2.09. The van der Waals surface area contributed by atoms with Crippen molar-refractivity contribution < 1.29 is 23.8 Å². The second-order valence-electron chi connectivity index (χ2n) is 6.66. The van der Waals surface area contributed by atoms with E-state index in [0.29, 0.717) is 25.4 Å². The van der Waals surface area contributed by atoms with Gasteiger partial charge < -0.3 is 14.2 Å². The molecular formula is C20H34O5. The molecule has 0 spiro atoms. The van der Waals surface area contributed by atoms with E-state index in [2.05, 4.69) is 27.0 Å². The van der Waals surface area contributed by atoms with E-state index in [4.69, 9.17) is 14.2 Å². The maximum absolute atomic E-state index is 10.7. The zero-order valence-corrected chi connectivity index (χ0v) is 16.1. The molecule has 1 fully saturated rings. The lowest BCUT2D eigenvalue weighted by atomic mass is 10.0.